The van der Waals surface area contributed by atoms with Gasteiger partial charge < -0.3 is 0 Å². The van der Waals surface area contributed by atoms with Crippen molar-refractivity contribution >= 4 is 11.6 Å². The first-order chi connectivity index (χ1) is 10.2. The SMILES string of the molecule is Fc1ccc(CC2CC(c3ccccc3)CCC2Cl)cc1. The van der Waals surface area contributed by atoms with Gasteiger partial charge in [-0.3, -0.25) is 0 Å². The zero-order valence-electron chi connectivity index (χ0n) is 12.0. The van der Waals surface area contributed by atoms with E-state index < -0.39 is 0 Å². The van der Waals surface area contributed by atoms with Crippen LogP contribution in [0.3, 0.4) is 0 Å². The maximum absolute atomic E-state index is 13.0. The fourth-order valence-corrected chi connectivity index (χ4v) is 3.71. The van der Waals surface area contributed by atoms with Crippen molar-refractivity contribution in [2.75, 3.05) is 0 Å². The van der Waals surface area contributed by atoms with Crippen LogP contribution in [0.1, 0.15) is 36.3 Å². The summed E-state index contributed by atoms with van der Waals surface area (Å²) in [5, 5.41) is 0.231. The summed E-state index contributed by atoms with van der Waals surface area (Å²) in [6.07, 6.45) is 4.29. The van der Waals surface area contributed by atoms with Gasteiger partial charge in [-0.15, -0.1) is 11.6 Å². The molecule has 3 atom stereocenters. The normalized spacial score (nSPS) is 25.7. The van der Waals surface area contributed by atoms with Crippen molar-refractivity contribution in [1.29, 1.82) is 0 Å². The maximum atomic E-state index is 13.0. The zero-order chi connectivity index (χ0) is 14.7. The average molecular weight is 303 g/mol. The Morgan fingerprint density at radius 2 is 1.67 bits per heavy atom. The van der Waals surface area contributed by atoms with Gasteiger partial charge in [-0.05, 0) is 60.8 Å². The van der Waals surface area contributed by atoms with Gasteiger partial charge in [-0.25, -0.2) is 4.39 Å². The molecule has 2 aromatic rings. The van der Waals surface area contributed by atoms with Crippen LogP contribution in [0.25, 0.3) is 0 Å². The smallest absolute Gasteiger partial charge is 0.123 e. The van der Waals surface area contributed by atoms with E-state index in [0.29, 0.717) is 11.8 Å². The Balaban J connectivity index is 1.70. The van der Waals surface area contributed by atoms with Gasteiger partial charge in [0.1, 0.15) is 5.82 Å². The van der Waals surface area contributed by atoms with E-state index in [1.54, 1.807) is 0 Å². The second-order valence-corrected chi connectivity index (χ2v) is 6.59. The van der Waals surface area contributed by atoms with Gasteiger partial charge in [0, 0.05) is 5.38 Å². The van der Waals surface area contributed by atoms with Gasteiger partial charge >= 0.3 is 0 Å². The molecular formula is C19H20ClF. The highest BCUT2D eigenvalue weighted by atomic mass is 35.5. The summed E-state index contributed by atoms with van der Waals surface area (Å²) in [4.78, 5) is 0. The standard InChI is InChI=1S/C19H20ClF/c20-19-11-8-16(15-4-2-1-3-5-15)13-17(19)12-14-6-9-18(21)10-7-14/h1-7,9-10,16-17,19H,8,11-13H2. The van der Waals surface area contributed by atoms with E-state index in [9.17, 15) is 4.39 Å². The van der Waals surface area contributed by atoms with E-state index in [2.05, 4.69) is 30.3 Å². The van der Waals surface area contributed by atoms with Gasteiger partial charge in [0.15, 0.2) is 0 Å². The van der Waals surface area contributed by atoms with Crippen LogP contribution < -0.4 is 0 Å². The molecule has 2 aromatic carbocycles. The highest BCUT2D eigenvalue weighted by Crippen LogP contribution is 2.40. The highest BCUT2D eigenvalue weighted by molar-refractivity contribution is 6.20. The Labute approximate surface area is 131 Å². The molecule has 0 N–H and O–H groups in total. The van der Waals surface area contributed by atoms with Gasteiger partial charge in [0.05, 0.1) is 0 Å². The quantitative estimate of drug-likeness (QED) is 0.651. The lowest BCUT2D eigenvalue weighted by Gasteiger charge is -2.33. The predicted molar refractivity (Wildman–Crippen MR) is 86.3 cm³/mol. The molecule has 0 radical (unpaired) electrons. The molecule has 3 unspecified atom stereocenters. The number of alkyl halides is 1. The van der Waals surface area contributed by atoms with Crippen LogP contribution in [-0.2, 0) is 6.42 Å². The summed E-state index contributed by atoms with van der Waals surface area (Å²) in [5.41, 5.74) is 2.60. The van der Waals surface area contributed by atoms with Crippen LogP contribution in [-0.4, -0.2) is 5.38 Å². The summed E-state index contributed by atoms with van der Waals surface area (Å²) in [6, 6.07) is 17.5. The van der Waals surface area contributed by atoms with Gasteiger partial charge in [-0.2, -0.15) is 0 Å². The average Bonchev–Trinajstić information content (AvgIpc) is 2.52. The Kier molecular flexibility index (Phi) is 4.60. The molecule has 0 nitrogen and oxygen atoms in total. The topological polar surface area (TPSA) is 0 Å². The first-order valence-electron chi connectivity index (χ1n) is 7.66. The maximum Gasteiger partial charge on any atom is 0.123 e. The minimum absolute atomic E-state index is 0.174. The van der Waals surface area contributed by atoms with Crippen LogP contribution in [0.5, 0.6) is 0 Å². The van der Waals surface area contributed by atoms with Crippen LogP contribution in [0.2, 0.25) is 0 Å². The van der Waals surface area contributed by atoms with Crippen LogP contribution >= 0.6 is 11.6 Å². The largest absolute Gasteiger partial charge is 0.207 e. The zero-order valence-corrected chi connectivity index (χ0v) is 12.8. The third kappa shape index (κ3) is 3.65. The third-order valence-corrected chi connectivity index (χ3v) is 5.15. The van der Waals surface area contributed by atoms with Crippen molar-refractivity contribution in [3.05, 3.63) is 71.5 Å². The second kappa shape index (κ2) is 6.62. The molecule has 1 aliphatic rings. The van der Waals surface area contributed by atoms with Crippen molar-refractivity contribution in [2.24, 2.45) is 5.92 Å². The summed E-state index contributed by atoms with van der Waals surface area (Å²) in [7, 11) is 0. The van der Waals surface area contributed by atoms with Crippen LogP contribution in [0, 0.1) is 11.7 Å². The molecule has 1 fully saturated rings. The van der Waals surface area contributed by atoms with Crippen LogP contribution in [0.15, 0.2) is 54.6 Å². The molecule has 1 saturated carbocycles. The van der Waals surface area contributed by atoms with E-state index in [4.69, 9.17) is 11.6 Å². The number of hydrogen-bond acceptors (Lipinski definition) is 0. The summed E-state index contributed by atoms with van der Waals surface area (Å²) < 4.78 is 13.0. The number of rotatable bonds is 3. The highest BCUT2D eigenvalue weighted by Gasteiger charge is 2.29. The lowest BCUT2D eigenvalue weighted by atomic mass is 9.75. The fraction of sp³-hybridized carbons (Fsp3) is 0.368. The van der Waals surface area contributed by atoms with Crippen molar-refractivity contribution in [1.82, 2.24) is 0 Å². The minimum Gasteiger partial charge on any atom is -0.207 e. The Hall–Kier alpha value is -1.34. The minimum atomic E-state index is -0.174. The molecule has 0 saturated heterocycles. The molecule has 0 spiro atoms. The van der Waals surface area contributed by atoms with Crippen LogP contribution in [0.4, 0.5) is 4.39 Å². The van der Waals surface area contributed by atoms with Crippen molar-refractivity contribution in [3.63, 3.8) is 0 Å². The Bertz CT molecular complexity index is 564. The first kappa shape index (κ1) is 14.6. The van der Waals surface area contributed by atoms with E-state index in [1.165, 1.54) is 23.3 Å². The Morgan fingerprint density at radius 3 is 2.38 bits per heavy atom. The molecule has 0 bridgehead atoms. The lowest BCUT2D eigenvalue weighted by Crippen LogP contribution is -2.26. The van der Waals surface area contributed by atoms with Crippen molar-refractivity contribution in [3.8, 4) is 0 Å². The molecule has 110 valence electrons. The first-order valence-corrected chi connectivity index (χ1v) is 8.09. The predicted octanol–water partition coefficient (Wildman–Crippen LogP) is 5.56. The second-order valence-electron chi connectivity index (χ2n) is 6.03. The summed E-state index contributed by atoms with van der Waals surface area (Å²) >= 11 is 6.54. The molecule has 3 rings (SSSR count). The number of halogens is 2. The lowest BCUT2D eigenvalue weighted by molar-refractivity contribution is 0.326. The summed E-state index contributed by atoms with van der Waals surface area (Å²) in [6.45, 7) is 0. The van der Waals surface area contributed by atoms with E-state index in [1.807, 2.05) is 12.1 Å². The van der Waals surface area contributed by atoms with Crippen molar-refractivity contribution < 1.29 is 4.39 Å². The number of hydrogen-bond donors (Lipinski definition) is 0. The molecule has 1 aliphatic carbocycles. The third-order valence-electron chi connectivity index (χ3n) is 4.57. The molecule has 0 aliphatic heterocycles. The van der Waals surface area contributed by atoms with Gasteiger partial charge in [0.2, 0.25) is 0 Å². The number of benzene rings is 2. The monoisotopic (exact) mass is 302 g/mol. The van der Waals surface area contributed by atoms with E-state index in [0.717, 1.165) is 25.7 Å². The van der Waals surface area contributed by atoms with E-state index in [-0.39, 0.29) is 11.2 Å². The van der Waals surface area contributed by atoms with Crippen molar-refractivity contribution in [2.45, 2.75) is 37.0 Å². The van der Waals surface area contributed by atoms with E-state index >= 15 is 0 Å². The molecule has 2 heteroatoms. The molecule has 0 heterocycles. The molecule has 0 aromatic heterocycles. The van der Waals surface area contributed by atoms with Gasteiger partial charge in [0.25, 0.3) is 0 Å². The molecule has 21 heavy (non-hydrogen) atoms. The molecular weight excluding hydrogens is 283 g/mol. The summed E-state index contributed by atoms with van der Waals surface area (Å²) in [5.74, 6) is 0.898. The fourth-order valence-electron chi connectivity index (χ4n) is 3.39. The Morgan fingerprint density at radius 1 is 0.952 bits per heavy atom. The molecule has 0 amide bonds. The van der Waals surface area contributed by atoms with Gasteiger partial charge in [-0.1, -0.05) is 42.5 Å².